The van der Waals surface area contributed by atoms with E-state index in [1.54, 1.807) is 6.92 Å². The monoisotopic (exact) mass is 478 g/mol. The average Bonchev–Trinajstić information content (AvgIpc) is 3.08. The summed E-state index contributed by atoms with van der Waals surface area (Å²) < 4.78 is 4.12. The quantitative estimate of drug-likeness (QED) is 0.216. The first-order valence-electron chi connectivity index (χ1n) is 10.2. The first-order valence-corrected chi connectivity index (χ1v) is 11.1. The van der Waals surface area contributed by atoms with Gasteiger partial charge in [-0.3, -0.25) is 14.6 Å². The Morgan fingerprint density at radius 3 is 2.67 bits per heavy atom. The van der Waals surface area contributed by atoms with Crippen LogP contribution in [0.25, 0.3) is 6.08 Å². The second-order valence-electron chi connectivity index (χ2n) is 7.64. The van der Waals surface area contributed by atoms with Gasteiger partial charge >= 0.3 is 12.1 Å². The molecule has 2 saturated heterocycles. The number of β-lactam (4-membered cyclic amide) rings is 1. The van der Waals surface area contributed by atoms with E-state index in [4.69, 9.17) is 16.2 Å². The lowest BCUT2D eigenvalue weighted by Crippen LogP contribution is -2.59. The Morgan fingerprint density at radius 2 is 2.00 bits per heavy atom. The van der Waals surface area contributed by atoms with E-state index in [1.807, 2.05) is 0 Å². The number of ether oxygens (including phenoxy) is 1. The van der Waals surface area contributed by atoms with Crippen LogP contribution < -0.4 is 22.1 Å². The zero-order valence-electron chi connectivity index (χ0n) is 17.9. The Bertz CT molecular complexity index is 988. The van der Waals surface area contributed by atoms with E-state index in [9.17, 15) is 24.3 Å². The Hall–Kier alpha value is -3.16. The molecule has 0 radical (unpaired) electrons. The molecule has 1 aromatic heterocycles. The summed E-state index contributed by atoms with van der Waals surface area (Å²) in [6.07, 6.45) is 2.27. The van der Waals surface area contributed by atoms with Gasteiger partial charge in [-0.05, 0) is 25.1 Å². The topological polar surface area (TPSA) is 190 Å². The Labute approximate surface area is 194 Å². The molecule has 3 heterocycles. The smallest absolute Gasteiger partial charge is 0.407 e. The van der Waals surface area contributed by atoms with Crippen LogP contribution in [-0.2, 0) is 14.3 Å². The number of nitrogens with two attached hydrogens (primary N) is 2. The van der Waals surface area contributed by atoms with Crippen LogP contribution in [0.5, 0.6) is 0 Å². The van der Waals surface area contributed by atoms with E-state index >= 15 is 0 Å². The molecule has 0 spiro atoms. The van der Waals surface area contributed by atoms with E-state index in [2.05, 4.69) is 15.6 Å². The minimum Gasteiger partial charge on any atom is -0.480 e. The minimum atomic E-state index is -1.19. The van der Waals surface area contributed by atoms with E-state index in [0.717, 1.165) is 0 Å². The summed E-state index contributed by atoms with van der Waals surface area (Å²) in [4.78, 5) is 54.2. The zero-order chi connectivity index (χ0) is 24.2. The van der Waals surface area contributed by atoms with Crippen molar-refractivity contribution >= 4 is 41.7 Å². The summed E-state index contributed by atoms with van der Waals surface area (Å²) >= 11 is 1.22. The van der Waals surface area contributed by atoms with Crippen molar-refractivity contribution in [3.8, 4) is 0 Å². The van der Waals surface area contributed by atoms with Gasteiger partial charge in [0.2, 0.25) is 0 Å². The molecule has 1 aromatic rings. The number of hydrogen-bond acceptors (Lipinski definition) is 9. The third-order valence-electron chi connectivity index (χ3n) is 5.15. The molecule has 0 saturated carbocycles. The predicted molar refractivity (Wildman–Crippen MR) is 120 cm³/mol. The third-order valence-corrected chi connectivity index (χ3v) is 6.74. The average molecular weight is 479 g/mol. The lowest BCUT2D eigenvalue weighted by molar-refractivity contribution is -0.153. The first-order chi connectivity index (χ1) is 15.7. The number of hydrogen-bond donors (Lipinski definition) is 5. The molecule has 2 aliphatic rings. The lowest BCUT2D eigenvalue weighted by Gasteiger charge is -2.39. The molecule has 0 aromatic carbocycles. The van der Waals surface area contributed by atoms with Crippen LogP contribution in [0.2, 0.25) is 0 Å². The number of carboxylic acids is 1. The lowest BCUT2D eigenvalue weighted by atomic mass is 9.94. The van der Waals surface area contributed by atoms with Crippen LogP contribution in [0.15, 0.2) is 23.9 Å². The maximum absolute atomic E-state index is 12.8. The molecule has 0 bridgehead atoms. The maximum Gasteiger partial charge on any atom is 0.407 e. The van der Waals surface area contributed by atoms with E-state index in [0.29, 0.717) is 29.9 Å². The molecule has 12 nitrogen and oxygen atoms in total. The molecule has 3 amide bonds. The van der Waals surface area contributed by atoms with E-state index in [-0.39, 0.29) is 25.6 Å². The molecule has 178 valence electrons. The summed E-state index contributed by atoms with van der Waals surface area (Å²) in [6, 6.07) is 1.89. The van der Waals surface area contributed by atoms with Crippen LogP contribution >= 0.6 is 11.8 Å². The van der Waals surface area contributed by atoms with Crippen molar-refractivity contribution in [2.24, 2.45) is 11.5 Å². The van der Waals surface area contributed by atoms with E-state index < -0.39 is 34.1 Å². The van der Waals surface area contributed by atoms with Gasteiger partial charge in [-0.1, -0.05) is 0 Å². The SMILES string of the molecule is C[C@@]1(COC(=O)NCCN)SC2C(=Cc3cc(C(=O)NCCN)ccn3)C(=O)N2[C@H]1C(=O)O. The number of alkyl carbamates (subject to hydrolysis) is 1. The Morgan fingerprint density at radius 1 is 1.30 bits per heavy atom. The number of nitrogens with zero attached hydrogens (tertiary/aromatic N) is 2. The molecule has 1 unspecified atom stereocenters. The summed E-state index contributed by atoms with van der Waals surface area (Å²) in [5.41, 5.74) is 11.8. The van der Waals surface area contributed by atoms with Crippen molar-refractivity contribution in [3.63, 3.8) is 0 Å². The van der Waals surface area contributed by atoms with Crippen molar-refractivity contribution < 1.29 is 29.0 Å². The van der Waals surface area contributed by atoms with Gasteiger partial charge in [-0.25, -0.2) is 9.59 Å². The number of aromatic nitrogens is 1. The highest BCUT2D eigenvalue weighted by Gasteiger charge is 2.63. The molecule has 3 rings (SSSR count). The van der Waals surface area contributed by atoms with Crippen molar-refractivity contribution in [1.82, 2.24) is 20.5 Å². The highest BCUT2D eigenvalue weighted by atomic mass is 32.2. The standard InChI is InChI=1S/C20H26N6O6S/c1-20(10-32-19(31)25-7-4-22)14(18(29)30)26-16(28)13(17(26)33-20)9-12-8-11(2-5-23-12)15(27)24-6-3-21/h2,5,8-9,14,17H,3-4,6-7,10,21-22H2,1H3,(H,24,27)(H,25,31)(H,29,30)/t14-,17?,20-/m0/s1. The fraction of sp³-hybridized carbons (Fsp3) is 0.450. The van der Waals surface area contributed by atoms with Crippen molar-refractivity contribution in [2.75, 3.05) is 32.8 Å². The Balaban J connectivity index is 1.78. The van der Waals surface area contributed by atoms with Crippen molar-refractivity contribution in [2.45, 2.75) is 23.1 Å². The van der Waals surface area contributed by atoms with Gasteiger partial charge in [0.25, 0.3) is 11.8 Å². The number of aliphatic carboxylic acids is 1. The predicted octanol–water partition coefficient (Wildman–Crippen LogP) is -1.03. The summed E-state index contributed by atoms with van der Waals surface area (Å²) in [5, 5.41) is 14.3. The molecule has 2 fully saturated rings. The number of amides is 3. The fourth-order valence-corrected chi connectivity index (χ4v) is 5.21. The molecule has 13 heteroatoms. The van der Waals surface area contributed by atoms with Gasteiger partial charge in [0.1, 0.15) is 18.0 Å². The number of carboxylic acid groups (broad SMARTS) is 1. The van der Waals surface area contributed by atoms with Gasteiger partial charge in [0.15, 0.2) is 0 Å². The van der Waals surface area contributed by atoms with Crippen LogP contribution in [0.1, 0.15) is 23.0 Å². The number of carbonyl (C=O) groups is 4. The molecular formula is C20H26N6O6S. The number of fused-ring (bicyclic) bond motifs is 1. The number of nitrogens with one attached hydrogen (secondary N) is 2. The largest absolute Gasteiger partial charge is 0.480 e. The van der Waals surface area contributed by atoms with Crippen LogP contribution in [0.3, 0.4) is 0 Å². The number of pyridine rings is 1. The van der Waals surface area contributed by atoms with Crippen LogP contribution in [0, 0.1) is 0 Å². The Kier molecular flexibility index (Phi) is 7.56. The van der Waals surface area contributed by atoms with Gasteiger partial charge in [-0.15, -0.1) is 11.8 Å². The second kappa shape index (κ2) is 10.2. The summed E-state index contributed by atoms with van der Waals surface area (Å²) in [7, 11) is 0. The minimum absolute atomic E-state index is 0.215. The third kappa shape index (κ3) is 5.10. The van der Waals surface area contributed by atoms with Gasteiger partial charge in [0.05, 0.1) is 16.0 Å². The second-order valence-corrected chi connectivity index (χ2v) is 9.26. The molecule has 0 aliphatic carbocycles. The molecular weight excluding hydrogens is 452 g/mol. The number of thioether (sulfide) groups is 1. The number of rotatable bonds is 9. The van der Waals surface area contributed by atoms with E-state index in [1.165, 1.54) is 41.1 Å². The normalized spacial score (nSPS) is 24.8. The van der Waals surface area contributed by atoms with Gasteiger partial charge in [0, 0.05) is 37.9 Å². The summed E-state index contributed by atoms with van der Waals surface area (Å²) in [5.74, 6) is -1.96. The van der Waals surface area contributed by atoms with Crippen LogP contribution in [0.4, 0.5) is 4.79 Å². The fourth-order valence-electron chi connectivity index (χ4n) is 3.61. The highest BCUT2D eigenvalue weighted by Crippen LogP contribution is 2.53. The molecule has 33 heavy (non-hydrogen) atoms. The number of carbonyl (C=O) groups excluding carboxylic acids is 3. The first kappa shape index (κ1) is 24.5. The maximum atomic E-state index is 12.8. The van der Waals surface area contributed by atoms with Crippen LogP contribution in [-0.4, -0.2) is 87.8 Å². The van der Waals surface area contributed by atoms with Gasteiger partial charge in [-0.2, -0.15) is 0 Å². The zero-order valence-corrected chi connectivity index (χ0v) is 18.8. The molecule has 7 N–H and O–H groups in total. The van der Waals surface area contributed by atoms with Gasteiger partial charge < -0.3 is 36.8 Å². The highest BCUT2D eigenvalue weighted by molar-refractivity contribution is 8.02. The molecule has 3 atom stereocenters. The summed E-state index contributed by atoms with van der Waals surface area (Å²) in [6.45, 7) is 2.51. The van der Waals surface area contributed by atoms with Crippen molar-refractivity contribution in [3.05, 3.63) is 35.2 Å². The van der Waals surface area contributed by atoms with Crippen molar-refractivity contribution in [1.29, 1.82) is 0 Å². The molecule has 2 aliphatic heterocycles.